The van der Waals surface area contributed by atoms with Crippen LogP contribution in [0.2, 0.25) is 0 Å². The molecule has 43 heavy (non-hydrogen) atoms. The van der Waals surface area contributed by atoms with Gasteiger partial charge in [0.25, 0.3) is 0 Å². The number of carbonyl (C=O) groups is 1. The van der Waals surface area contributed by atoms with Crippen LogP contribution in [0.15, 0.2) is 36.8 Å². The number of hydrogen-bond donors (Lipinski definition) is 1. The Kier molecular flexibility index (Phi) is 9.49. The van der Waals surface area contributed by atoms with E-state index in [9.17, 15) is 10.1 Å². The number of pyridine rings is 2. The molecule has 3 aromatic rings. The van der Waals surface area contributed by atoms with E-state index in [-0.39, 0.29) is 11.4 Å². The van der Waals surface area contributed by atoms with E-state index in [1.807, 2.05) is 25.3 Å². The van der Waals surface area contributed by atoms with Gasteiger partial charge < -0.3 is 15.0 Å². The van der Waals surface area contributed by atoms with E-state index in [1.165, 1.54) is 0 Å². The van der Waals surface area contributed by atoms with E-state index in [2.05, 4.69) is 70.1 Å². The number of nitriles is 1. The third kappa shape index (κ3) is 7.26. The Morgan fingerprint density at radius 3 is 2.58 bits per heavy atom. The Balaban J connectivity index is 1.33. The third-order valence-electron chi connectivity index (χ3n) is 8.37. The summed E-state index contributed by atoms with van der Waals surface area (Å²) in [6.07, 6.45) is 7.50. The Morgan fingerprint density at radius 2 is 1.91 bits per heavy atom. The highest BCUT2D eigenvalue weighted by atomic mass is 16.5. The molecule has 11 nitrogen and oxygen atoms in total. The van der Waals surface area contributed by atoms with E-state index >= 15 is 0 Å². The molecule has 0 saturated carbocycles. The van der Waals surface area contributed by atoms with Crippen LogP contribution in [-0.2, 0) is 4.79 Å². The van der Waals surface area contributed by atoms with Crippen molar-refractivity contribution in [2.45, 2.75) is 45.6 Å². The number of nitrogens with one attached hydrogen (secondary N) is 1. The highest BCUT2D eigenvalue weighted by Gasteiger charge is 2.38. The van der Waals surface area contributed by atoms with E-state index in [1.54, 1.807) is 16.9 Å². The molecule has 2 aliphatic heterocycles. The molecule has 11 heteroatoms. The molecule has 2 saturated heterocycles. The summed E-state index contributed by atoms with van der Waals surface area (Å²) in [5, 5.41) is 17.5. The number of ether oxygens (including phenoxy) is 1. The number of rotatable bonds is 9. The van der Waals surface area contributed by atoms with Crippen LogP contribution in [0, 0.1) is 17.2 Å². The predicted molar refractivity (Wildman–Crippen MR) is 168 cm³/mol. The maximum atomic E-state index is 13.1. The number of anilines is 1. The fourth-order valence-electron chi connectivity index (χ4n) is 6.39. The number of amides is 1. The van der Waals surface area contributed by atoms with Crippen molar-refractivity contribution in [3.63, 3.8) is 0 Å². The second-order valence-corrected chi connectivity index (χ2v) is 12.6. The van der Waals surface area contributed by atoms with Crippen LogP contribution in [0.5, 0.6) is 5.75 Å². The third-order valence-corrected chi connectivity index (χ3v) is 8.37. The number of nitrogens with zero attached hydrogens (tertiary/aromatic N) is 8. The molecule has 2 fully saturated rings. The summed E-state index contributed by atoms with van der Waals surface area (Å²) in [4.78, 5) is 27.4. The zero-order valence-electron chi connectivity index (χ0n) is 26.2. The monoisotopic (exact) mass is 587 g/mol. The number of piperidine rings is 1. The van der Waals surface area contributed by atoms with Crippen LogP contribution in [0.3, 0.4) is 0 Å². The fraction of sp³-hybridized carbons (Fsp3) is 0.562. The molecule has 2 aliphatic rings. The van der Waals surface area contributed by atoms with Crippen LogP contribution in [0.4, 0.5) is 5.82 Å². The first-order chi connectivity index (χ1) is 20.7. The second-order valence-electron chi connectivity index (χ2n) is 12.6. The van der Waals surface area contributed by atoms with Crippen LogP contribution in [0.1, 0.15) is 45.6 Å². The lowest BCUT2D eigenvalue weighted by Gasteiger charge is -2.45. The summed E-state index contributed by atoms with van der Waals surface area (Å²) in [5.41, 5.74) is 2.74. The van der Waals surface area contributed by atoms with E-state index < -0.39 is 0 Å². The van der Waals surface area contributed by atoms with Gasteiger partial charge in [0, 0.05) is 56.5 Å². The number of fused-ring (bicyclic) bond motifs is 1. The van der Waals surface area contributed by atoms with Gasteiger partial charge in [0.15, 0.2) is 0 Å². The Hall–Kier alpha value is -3.72. The SMILES string of the molecule is CCOc1cc(-c2ccc(N3CCC(CN4CCN(C)CN(C)C4)(NC(=O)CC(C)C)CC3)nc2)c2c(C#N)cnn2c1. The van der Waals surface area contributed by atoms with Gasteiger partial charge in [-0.25, -0.2) is 9.50 Å². The minimum atomic E-state index is -0.271. The molecule has 230 valence electrons. The first-order valence-electron chi connectivity index (χ1n) is 15.3. The summed E-state index contributed by atoms with van der Waals surface area (Å²) >= 11 is 0. The van der Waals surface area contributed by atoms with Gasteiger partial charge >= 0.3 is 0 Å². The van der Waals surface area contributed by atoms with Crippen molar-refractivity contribution in [2.24, 2.45) is 5.92 Å². The van der Waals surface area contributed by atoms with Gasteiger partial charge in [-0.2, -0.15) is 10.4 Å². The second kappa shape index (κ2) is 13.3. The largest absolute Gasteiger partial charge is 0.492 e. The van der Waals surface area contributed by atoms with Gasteiger partial charge in [-0.3, -0.25) is 19.5 Å². The van der Waals surface area contributed by atoms with E-state index in [0.717, 1.165) is 81.4 Å². The lowest BCUT2D eigenvalue weighted by atomic mass is 9.86. The van der Waals surface area contributed by atoms with Gasteiger partial charge in [0.05, 0.1) is 49.0 Å². The molecular weight excluding hydrogens is 542 g/mol. The molecule has 1 N–H and O–H groups in total. The fourth-order valence-corrected chi connectivity index (χ4v) is 6.39. The van der Waals surface area contributed by atoms with Crippen LogP contribution < -0.4 is 15.0 Å². The van der Waals surface area contributed by atoms with Crippen LogP contribution >= 0.6 is 0 Å². The Bertz CT molecular complexity index is 1440. The van der Waals surface area contributed by atoms with Crippen LogP contribution in [0.25, 0.3) is 16.6 Å². The summed E-state index contributed by atoms with van der Waals surface area (Å²) < 4.78 is 7.47. The summed E-state index contributed by atoms with van der Waals surface area (Å²) in [7, 11) is 4.32. The van der Waals surface area contributed by atoms with Crippen molar-refractivity contribution >= 4 is 17.2 Å². The van der Waals surface area contributed by atoms with Crippen molar-refractivity contribution in [3.05, 3.63) is 42.4 Å². The van der Waals surface area contributed by atoms with Gasteiger partial charge in [-0.1, -0.05) is 13.8 Å². The summed E-state index contributed by atoms with van der Waals surface area (Å²) in [5.74, 6) is 2.06. The molecule has 0 spiro atoms. The number of likely N-dealkylation sites (N-methyl/N-ethyl adjacent to an activating group) is 1. The minimum absolute atomic E-state index is 0.142. The van der Waals surface area contributed by atoms with Crippen molar-refractivity contribution in [2.75, 3.05) is 71.7 Å². The number of carbonyl (C=O) groups excluding carboxylic acids is 1. The number of aromatic nitrogens is 3. The zero-order valence-corrected chi connectivity index (χ0v) is 26.2. The smallest absolute Gasteiger partial charge is 0.220 e. The molecule has 0 aliphatic carbocycles. The topological polar surface area (TPSA) is 105 Å². The zero-order chi connectivity index (χ0) is 30.6. The highest BCUT2D eigenvalue weighted by molar-refractivity contribution is 5.85. The number of hydrogen-bond acceptors (Lipinski definition) is 9. The lowest BCUT2D eigenvalue weighted by molar-refractivity contribution is -0.124. The first kappa shape index (κ1) is 30.7. The maximum Gasteiger partial charge on any atom is 0.220 e. The van der Waals surface area contributed by atoms with Crippen molar-refractivity contribution in [1.29, 1.82) is 5.26 Å². The standard InChI is InChI=1S/C32H45N9O2/c1-6-43-27-16-28(31-26(17-33)19-35-41(31)20-27)25-7-8-29(34-18-25)40-11-9-32(10-12-40,36-30(42)15-24(2)3)21-39-14-13-37(4)22-38(5)23-39/h7-8,16,18-20,24H,6,9-15,21-23H2,1-5H3,(H,36,42). The summed E-state index contributed by atoms with van der Waals surface area (Å²) in [6, 6.07) is 8.30. The van der Waals surface area contributed by atoms with Gasteiger partial charge in [-0.05, 0) is 58.0 Å². The first-order valence-corrected chi connectivity index (χ1v) is 15.3. The molecule has 0 bridgehead atoms. The van der Waals surface area contributed by atoms with Crippen LogP contribution in [-0.4, -0.2) is 108 Å². The molecule has 3 aromatic heterocycles. The molecule has 1 amide bonds. The molecule has 0 unspecified atom stereocenters. The van der Waals surface area contributed by atoms with E-state index in [0.29, 0.717) is 30.3 Å². The molecular formula is C32H45N9O2. The highest BCUT2D eigenvalue weighted by Crippen LogP contribution is 2.33. The van der Waals surface area contributed by atoms with E-state index in [4.69, 9.17) is 9.72 Å². The quantitative estimate of drug-likeness (QED) is 0.404. The molecule has 0 radical (unpaired) electrons. The van der Waals surface area contributed by atoms with Gasteiger partial charge in [-0.15, -0.1) is 0 Å². The Morgan fingerprint density at radius 1 is 1.12 bits per heavy atom. The average molecular weight is 588 g/mol. The Labute approximate surface area is 255 Å². The molecule has 0 atom stereocenters. The molecule has 5 rings (SSSR count). The normalized spacial score (nSPS) is 18.5. The van der Waals surface area contributed by atoms with Crippen molar-refractivity contribution in [3.8, 4) is 22.9 Å². The average Bonchev–Trinajstić information content (AvgIpc) is 3.31. The van der Waals surface area contributed by atoms with Crippen molar-refractivity contribution in [1.82, 2.24) is 34.6 Å². The molecule has 0 aromatic carbocycles. The lowest BCUT2D eigenvalue weighted by Crippen LogP contribution is -2.61. The summed E-state index contributed by atoms with van der Waals surface area (Å²) in [6.45, 7) is 13.0. The van der Waals surface area contributed by atoms with Gasteiger partial charge in [0.1, 0.15) is 17.6 Å². The predicted octanol–water partition coefficient (Wildman–Crippen LogP) is 3.26. The van der Waals surface area contributed by atoms with Crippen molar-refractivity contribution < 1.29 is 9.53 Å². The minimum Gasteiger partial charge on any atom is -0.492 e. The molecule has 5 heterocycles. The van der Waals surface area contributed by atoms with Gasteiger partial charge in [0.2, 0.25) is 5.91 Å². The maximum absolute atomic E-state index is 13.1.